The van der Waals surface area contributed by atoms with Crippen molar-refractivity contribution >= 4 is 11.7 Å². The van der Waals surface area contributed by atoms with Crippen LogP contribution in [0.4, 0.5) is 14.5 Å². The van der Waals surface area contributed by atoms with Crippen LogP contribution in [0.2, 0.25) is 0 Å². The van der Waals surface area contributed by atoms with Crippen LogP contribution < -0.4 is 15.2 Å². The Kier molecular flexibility index (Phi) is 4.71. The highest BCUT2D eigenvalue weighted by molar-refractivity contribution is 5.93. The Morgan fingerprint density at radius 1 is 1.33 bits per heavy atom. The zero-order valence-electron chi connectivity index (χ0n) is 13.6. The summed E-state index contributed by atoms with van der Waals surface area (Å²) in [5, 5.41) is 1.86. The molecule has 1 atom stereocenters. The molecule has 7 heteroatoms. The average molecular weight is 338 g/mol. The SMILES string of the molecule is CCOC(=O)C1=C(C2CC2)N(c2ccc(OC(F)F)cc2)NC1C. The molecule has 5 nitrogen and oxygen atoms in total. The van der Waals surface area contributed by atoms with Crippen molar-refractivity contribution in [3.8, 4) is 5.75 Å². The molecule has 24 heavy (non-hydrogen) atoms. The Morgan fingerprint density at radius 3 is 2.54 bits per heavy atom. The van der Waals surface area contributed by atoms with E-state index >= 15 is 0 Å². The molecule has 0 radical (unpaired) electrons. The fourth-order valence-electron chi connectivity index (χ4n) is 2.91. The van der Waals surface area contributed by atoms with E-state index in [1.807, 2.05) is 11.9 Å². The number of ether oxygens (including phenoxy) is 2. The minimum absolute atomic E-state index is 0.101. The average Bonchev–Trinajstić information content (AvgIpc) is 3.30. The Hall–Kier alpha value is -2.15. The van der Waals surface area contributed by atoms with Crippen molar-refractivity contribution in [3.63, 3.8) is 0 Å². The maximum atomic E-state index is 12.3. The first-order chi connectivity index (χ1) is 11.5. The minimum atomic E-state index is -2.85. The number of rotatable bonds is 6. The quantitative estimate of drug-likeness (QED) is 0.807. The molecule has 1 fully saturated rings. The van der Waals surface area contributed by atoms with Crippen molar-refractivity contribution in [2.24, 2.45) is 5.92 Å². The number of carbonyl (C=O) groups excluding carboxylic acids is 1. The molecule has 1 unspecified atom stereocenters. The minimum Gasteiger partial charge on any atom is -0.463 e. The van der Waals surface area contributed by atoms with Gasteiger partial charge in [0, 0.05) is 5.92 Å². The highest BCUT2D eigenvalue weighted by atomic mass is 19.3. The molecule has 1 heterocycles. The second-order valence-electron chi connectivity index (χ2n) is 5.85. The van der Waals surface area contributed by atoms with Crippen LogP contribution in [-0.2, 0) is 9.53 Å². The number of alkyl halides is 2. The van der Waals surface area contributed by atoms with Crippen molar-refractivity contribution in [1.29, 1.82) is 0 Å². The summed E-state index contributed by atoms with van der Waals surface area (Å²) < 4.78 is 34.1. The summed E-state index contributed by atoms with van der Waals surface area (Å²) in [6.07, 6.45) is 2.05. The molecule has 1 aromatic rings. The number of anilines is 1. The molecule has 0 bridgehead atoms. The molecule has 0 aromatic heterocycles. The van der Waals surface area contributed by atoms with E-state index in [1.54, 1.807) is 19.1 Å². The molecule has 1 aromatic carbocycles. The number of hydrogen-bond acceptors (Lipinski definition) is 5. The van der Waals surface area contributed by atoms with Gasteiger partial charge in [0.25, 0.3) is 0 Å². The summed E-state index contributed by atoms with van der Waals surface area (Å²) in [6.45, 7) is 1.16. The molecule has 1 aliphatic heterocycles. The highest BCUT2D eigenvalue weighted by Gasteiger charge is 2.42. The summed E-state index contributed by atoms with van der Waals surface area (Å²) in [4.78, 5) is 12.3. The lowest BCUT2D eigenvalue weighted by molar-refractivity contribution is -0.138. The predicted octanol–water partition coefficient (Wildman–Crippen LogP) is 3.23. The summed E-state index contributed by atoms with van der Waals surface area (Å²) in [6, 6.07) is 6.18. The van der Waals surface area contributed by atoms with Crippen LogP contribution in [0, 0.1) is 5.92 Å². The maximum Gasteiger partial charge on any atom is 0.387 e. The highest BCUT2D eigenvalue weighted by Crippen LogP contribution is 2.44. The number of carbonyl (C=O) groups is 1. The molecular formula is C17H20F2N2O3. The molecule has 130 valence electrons. The van der Waals surface area contributed by atoms with Gasteiger partial charge in [-0.2, -0.15) is 8.78 Å². The van der Waals surface area contributed by atoms with Crippen molar-refractivity contribution in [3.05, 3.63) is 35.5 Å². The Labute approximate surface area is 139 Å². The fraction of sp³-hybridized carbons (Fsp3) is 0.471. The van der Waals surface area contributed by atoms with E-state index in [2.05, 4.69) is 10.2 Å². The number of nitrogens with zero attached hydrogens (tertiary/aromatic N) is 1. The third-order valence-corrected chi connectivity index (χ3v) is 4.05. The molecular weight excluding hydrogens is 318 g/mol. The lowest BCUT2D eigenvalue weighted by Crippen LogP contribution is -2.37. The molecule has 1 saturated carbocycles. The van der Waals surface area contributed by atoms with Gasteiger partial charge in [0.15, 0.2) is 0 Å². The third-order valence-electron chi connectivity index (χ3n) is 4.05. The normalized spacial score (nSPS) is 20.7. The Bertz CT molecular complexity index is 642. The second kappa shape index (κ2) is 6.76. The zero-order valence-corrected chi connectivity index (χ0v) is 13.6. The number of esters is 1. The summed E-state index contributed by atoms with van der Waals surface area (Å²) in [7, 11) is 0. The van der Waals surface area contributed by atoms with Gasteiger partial charge in [-0.1, -0.05) is 0 Å². The Morgan fingerprint density at radius 2 is 2.00 bits per heavy atom. The first-order valence-electron chi connectivity index (χ1n) is 8.03. The van der Waals surface area contributed by atoms with Gasteiger partial charge in [-0.05, 0) is 51.0 Å². The fourth-order valence-corrected chi connectivity index (χ4v) is 2.91. The topological polar surface area (TPSA) is 50.8 Å². The lowest BCUT2D eigenvalue weighted by Gasteiger charge is -2.23. The summed E-state index contributed by atoms with van der Waals surface area (Å²) in [5.74, 6) is 0.113. The van der Waals surface area contributed by atoms with Gasteiger partial charge in [-0.3, -0.25) is 5.01 Å². The van der Waals surface area contributed by atoms with Crippen LogP contribution in [0.15, 0.2) is 35.5 Å². The van der Waals surface area contributed by atoms with Gasteiger partial charge in [-0.25, -0.2) is 10.2 Å². The molecule has 0 saturated heterocycles. The first-order valence-corrected chi connectivity index (χ1v) is 8.03. The summed E-state index contributed by atoms with van der Waals surface area (Å²) >= 11 is 0. The molecule has 3 rings (SSSR count). The van der Waals surface area contributed by atoms with Crippen LogP contribution in [0.1, 0.15) is 26.7 Å². The van der Waals surface area contributed by atoms with Crippen LogP contribution in [0.3, 0.4) is 0 Å². The first kappa shape index (κ1) is 16.7. The standard InChI is InChI=1S/C17H20F2N2O3/c1-3-23-16(22)14-10(2)20-21(15(14)11-4-5-11)12-6-8-13(9-7-12)24-17(18)19/h6-11,17,20H,3-5H2,1-2H3. The van der Waals surface area contributed by atoms with Gasteiger partial charge in [0.05, 0.1) is 29.6 Å². The van der Waals surface area contributed by atoms with Gasteiger partial charge < -0.3 is 9.47 Å². The Balaban J connectivity index is 1.88. The third kappa shape index (κ3) is 3.36. The van der Waals surface area contributed by atoms with Gasteiger partial charge in [0.1, 0.15) is 5.75 Å². The van der Waals surface area contributed by atoms with Crippen LogP contribution >= 0.6 is 0 Å². The van der Waals surface area contributed by atoms with E-state index in [4.69, 9.17) is 4.74 Å². The van der Waals surface area contributed by atoms with E-state index < -0.39 is 6.61 Å². The molecule has 0 spiro atoms. The van der Waals surface area contributed by atoms with Crippen molar-refractivity contribution in [2.75, 3.05) is 11.6 Å². The van der Waals surface area contributed by atoms with Gasteiger partial charge >= 0.3 is 12.6 Å². The van der Waals surface area contributed by atoms with E-state index in [0.717, 1.165) is 24.2 Å². The van der Waals surface area contributed by atoms with Crippen LogP contribution in [0.5, 0.6) is 5.75 Å². The monoisotopic (exact) mass is 338 g/mol. The number of halogens is 2. The zero-order chi connectivity index (χ0) is 17.3. The van der Waals surface area contributed by atoms with Crippen molar-refractivity contribution < 1.29 is 23.0 Å². The second-order valence-corrected chi connectivity index (χ2v) is 5.85. The molecule has 1 aliphatic carbocycles. The smallest absolute Gasteiger partial charge is 0.387 e. The largest absolute Gasteiger partial charge is 0.463 e. The van der Waals surface area contributed by atoms with Crippen molar-refractivity contribution in [1.82, 2.24) is 5.43 Å². The number of allylic oxidation sites excluding steroid dienone is 1. The molecule has 0 amide bonds. The van der Waals surface area contributed by atoms with Crippen LogP contribution in [0.25, 0.3) is 0 Å². The maximum absolute atomic E-state index is 12.3. The van der Waals surface area contributed by atoms with E-state index in [1.165, 1.54) is 12.1 Å². The summed E-state index contributed by atoms with van der Waals surface area (Å²) in [5.41, 5.74) is 5.59. The number of nitrogens with one attached hydrogen (secondary N) is 1. The van der Waals surface area contributed by atoms with E-state index in [0.29, 0.717) is 18.1 Å². The van der Waals surface area contributed by atoms with E-state index in [9.17, 15) is 13.6 Å². The van der Waals surface area contributed by atoms with Crippen molar-refractivity contribution in [2.45, 2.75) is 39.3 Å². The lowest BCUT2D eigenvalue weighted by atomic mass is 10.1. The van der Waals surface area contributed by atoms with Crippen LogP contribution in [-0.4, -0.2) is 25.2 Å². The molecule has 2 aliphatic rings. The predicted molar refractivity (Wildman–Crippen MR) is 84.5 cm³/mol. The molecule has 1 N–H and O–H groups in total. The van der Waals surface area contributed by atoms with Gasteiger partial charge in [-0.15, -0.1) is 0 Å². The van der Waals surface area contributed by atoms with Gasteiger partial charge in [0.2, 0.25) is 0 Å². The number of benzene rings is 1. The van der Waals surface area contributed by atoms with E-state index in [-0.39, 0.29) is 17.8 Å². The number of hydrogen-bond donors (Lipinski definition) is 1. The number of hydrazine groups is 1.